The Morgan fingerprint density at radius 3 is 2.75 bits per heavy atom. The number of hydrazine groups is 1. The van der Waals surface area contributed by atoms with Crippen LogP contribution >= 0.6 is 0 Å². The van der Waals surface area contributed by atoms with Crippen LogP contribution in [-0.2, 0) is 4.74 Å². The smallest absolute Gasteiger partial charge is 0.134 e. The maximum absolute atomic E-state index is 13.3. The van der Waals surface area contributed by atoms with E-state index in [1.54, 1.807) is 13.2 Å². The SMILES string of the molecule is COC1(C(NN)c2cc3cc(F)ccc3o2)CCCC1. The van der Waals surface area contributed by atoms with Gasteiger partial charge in [-0.3, -0.25) is 5.84 Å². The van der Waals surface area contributed by atoms with Gasteiger partial charge in [0.1, 0.15) is 23.2 Å². The van der Waals surface area contributed by atoms with Gasteiger partial charge in [-0.1, -0.05) is 12.8 Å². The van der Waals surface area contributed by atoms with Gasteiger partial charge in [0.15, 0.2) is 0 Å². The first kappa shape index (κ1) is 13.5. The average molecular weight is 278 g/mol. The van der Waals surface area contributed by atoms with Gasteiger partial charge in [-0.2, -0.15) is 0 Å². The third-order valence-corrected chi connectivity index (χ3v) is 4.33. The van der Waals surface area contributed by atoms with E-state index in [1.807, 2.05) is 6.07 Å². The summed E-state index contributed by atoms with van der Waals surface area (Å²) in [7, 11) is 1.71. The Morgan fingerprint density at radius 2 is 2.10 bits per heavy atom. The number of hydrogen-bond acceptors (Lipinski definition) is 4. The topological polar surface area (TPSA) is 60.4 Å². The molecule has 108 valence electrons. The lowest BCUT2D eigenvalue weighted by Crippen LogP contribution is -2.46. The zero-order valence-electron chi connectivity index (χ0n) is 11.5. The van der Waals surface area contributed by atoms with E-state index in [1.165, 1.54) is 12.1 Å². The molecule has 1 atom stereocenters. The highest BCUT2D eigenvalue weighted by Crippen LogP contribution is 2.43. The van der Waals surface area contributed by atoms with Crippen molar-refractivity contribution in [3.8, 4) is 0 Å². The van der Waals surface area contributed by atoms with Crippen LogP contribution < -0.4 is 11.3 Å². The summed E-state index contributed by atoms with van der Waals surface area (Å²) in [5.41, 5.74) is 3.13. The van der Waals surface area contributed by atoms with Crippen LogP contribution in [0.25, 0.3) is 11.0 Å². The fourth-order valence-electron chi connectivity index (χ4n) is 3.25. The number of fused-ring (bicyclic) bond motifs is 1. The van der Waals surface area contributed by atoms with Crippen molar-refractivity contribution < 1.29 is 13.5 Å². The molecule has 3 N–H and O–H groups in total. The van der Waals surface area contributed by atoms with E-state index < -0.39 is 0 Å². The van der Waals surface area contributed by atoms with Crippen LogP contribution in [0.3, 0.4) is 0 Å². The molecule has 1 unspecified atom stereocenters. The summed E-state index contributed by atoms with van der Waals surface area (Å²) < 4.78 is 24.8. The Labute approximate surface area is 117 Å². The third kappa shape index (κ3) is 2.12. The summed E-state index contributed by atoms with van der Waals surface area (Å²) >= 11 is 0. The molecular weight excluding hydrogens is 259 g/mol. The molecule has 0 bridgehead atoms. The normalized spacial score (nSPS) is 19.6. The second-order valence-corrected chi connectivity index (χ2v) is 5.41. The fourth-order valence-corrected chi connectivity index (χ4v) is 3.25. The van der Waals surface area contributed by atoms with Crippen molar-refractivity contribution in [1.29, 1.82) is 0 Å². The lowest BCUT2D eigenvalue weighted by molar-refractivity contribution is -0.0418. The fraction of sp³-hybridized carbons (Fsp3) is 0.467. The largest absolute Gasteiger partial charge is 0.459 e. The van der Waals surface area contributed by atoms with Gasteiger partial charge in [0.25, 0.3) is 0 Å². The second kappa shape index (κ2) is 5.16. The predicted molar refractivity (Wildman–Crippen MR) is 74.4 cm³/mol. The van der Waals surface area contributed by atoms with Crippen molar-refractivity contribution in [1.82, 2.24) is 5.43 Å². The molecule has 20 heavy (non-hydrogen) atoms. The molecule has 1 heterocycles. The number of rotatable bonds is 4. The molecule has 1 aliphatic carbocycles. The van der Waals surface area contributed by atoms with Crippen molar-refractivity contribution in [2.75, 3.05) is 7.11 Å². The van der Waals surface area contributed by atoms with Gasteiger partial charge in [-0.15, -0.1) is 0 Å². The lowest BCUT2D eigenvalue weighted by atomic mass is 9.90. The van der Waals surface area contributed by atoms with Crippen LogP contribution in [0.2, 0.25) is 0 Å². The Hall–Kier alpha value is -1.43. The molecule has 2 aromatic rings. The Bertz CT molecular complexity index is 605. The summed E-state index contributed by atoms with van der Waals surface area (Å²) in [6, 6.07) is 6.09. The number of furan rings is 1. The summed E-state index contributed by atoms with van der Waals surface area (Å²) in [5.74, 6) is 6.15. The van der Waals surface area contributed by atoms with Gasteiger partial charge in [-0.25, -0.2) is 9.82 Å². The van der Waals surface area contributed by atoms with Crippen molar-refractivity contribution >= 4 is 11.0 Å². The summed E-state index contributed by atoms with van der Waals surface area (Å²) in [5, 5.41) is 0.740. The maximum Gasteiger partial charge on any atom is 0.134 e. The van der Waals surface area contributed by atoms with E-state index in [9.17, 15) is 4.39 Å². The molecular formula is C15H19FN2O2. The van der Waals surface area contributed by atoms with E-state index in [-0.39, 0.29) is 17.5 Å². The summed E-state index contributed by atoms with van der Waals surface area (Å²) in [4.78, 5) is 0. The average Bonchev–Trinajstić information content (AvgIpc) is 3.06. The molecule has 1 aliphatic rings. The molecule has 1 aromatic carbocycles. The Balaban J connectivity index is 2.02. The third-order valence-electron chi connectivity index (χ3n) is 4.33. The first-order chi connectivity index (χ1) is 9.68. The zero-order valence-corrected chi connectivity index (χ0v) is 11.5. The van der Waals surface area contributed by atoms with E-state index in [4.69, 9.17) is 15.0 Å². The highest BCUT2D eigenvalue weighted by molar-refractivity contribution is 5.78. The standard InChI is InChI=1S/C15H19FN2O2/c1-19-15(6-2-3-7-15)14(18-17)13-9-10-8-11(16)4-5-12(10)20-13/h4-5,8-9,14,18H,2-3,6-7,17H2,1H3. The molecule has 3 rings (SSSR count). The van der Waals surface area contributed by atoms with Gasteiger partial charge >= 0.3 is 0 Å². The molecule has 1 fully saturated rings. The van der Waals surface area contributed by atoms with Crippen LogP contribution in [-0.4, -0.2) is 12.7 Å². The van der Waals surface area contributed by atoms with Gasteiger partial charge in [0.2, 0.25) is 0 Å². The minimum absolute atomic E-state index is 0.231. The van der Waals surface area contributed by atoms with Gasteiger partial charge in [0.05, 0.1) is 5.60 Å². The van der Waals surface area contributed by atoms with Crippen molar-refractivity contribution in [2.24, 2.45) is 5.84 Å². The van der Waals surface area contributed by atoms with E-state index in [0.29, 0.717) is 11.3 Å². The van der Waals surface area contributed by atoms with E-state index >= 15 is 0 Å². The van der Waals surface area contributed by atoms with E-state index in [2.05, 4.69) is 5.43 Å². The number of nitrogens with two attached hydrogens (primary N) is 1. The number of ether oxygens (including phenoxy) is 1. The van der Waals surface area contributed by atoms with Crippen molar-refractivity contribution in [3.05, 3.63) is 35.8 Å². The van der Waals surface area contributed by atoms with Gasteiger partial charge < -0.3 is 9.15 Å². The predicted octanol–water partition coefficient (Wildman–Crippen LogP) is 3.04. The molecule has 1 saturated carbocycles. The minimum Gasteiger partial charge on any atom is -0.459 e. The molecule has 0 saturated heterocycles. The molecule has 0 radical (unpaired) electrons. The molecule has 4 nitrogen and oxygen atoms in total. The number of nitrogens with one attached hydrogen (secondary N) is 1. The zero-order chi connectivity index (χ0) is 14.2. The Kier molecular flexibility index (Phi) is 3.50. The van der Waals surface area contributed by atoms with Crippen LogP contribution in [0.5, 0.6) is 0 Å². The van der Waals surface area contributed by atoms with Crippen LogP contribution in [0, 0.1) is 5.82 Å². The van der Waals surface area contributed by atoms with Gasteiger partial charge in [0, 0.05) is 12.5 Å². The molecule has 5 heteroatoms. The number of halogens is 1. The summed E-state index contributed by atoms with van der Waals surface area (Å²) in [6.45, 7) is 0. The van der Waals surface area contributed by atoms with Crippen molar-refractivity contribution in [2.45, 2.75) is 37.3 Å². The monoisotopic (exact) mass is 278 g/mol. The minimum atomic E-state index is -0.346. The number of benzene rings is 1. The van der Waals surface area contributed by atoms with E-state index in [0.717, 1.165) is 31.1 Å². The molecule has 0 aliphatic heterocycles. The maximum atomic E-state index is 13.3. The lowest BCUT2D eigenvalue weighted by Gasteiger charge is -2.34. The first-order valence-electron chi connectivity index (χ1n) is 6.89. The number of methoxy groups -OCH3 is 1. The van der Waals surface area contributed by atoms with Crippen LogP contribution in [0.1, 0.15) is 37.5 Å². The van der Waals surface area contributed by atoms with Crippen molar-refractivity contribution in [3.63, 3.8) is 0 Å². The molecule has 0 spiro atoms. The van der Waals surface area contributed by atoms with Crippen LogP contribution in [0.4, 0.5) is 4.39 Å². The number of hydrogen-bond donors (Lipinski definition) is 2. The van der Waals surface area contributed by atoms with Gasteiger partial charge in [-0.05, 0) is 37.1 Å². The Morgan fingerprint density at radius 1 is 1.35 bits per heavy atom. The molecule has 0 amide bonds. The highest BCUT2D eigenvalue weighted by Gasteiger charge is 2.43. The molecule has 1 aromatic heterocycles. The second-order valence-electron chi connectivity index (χ2n) is 5.41. The highest BCUT2D eigenvalue weighted by atomic mass is 19.1. The quantitative estimate of drug-likeness (QED) is 0.666. The first-order valence-corrected chi connectivity index (χ1v) is 6.89. The van der Waals surface area contributed by atoms with Crippen LogP contribution in [0.15, 0.2) is 28.7 Å². The summed E-state index contributed by atoms with van der Waals surface area (Å²) in [6.07, 6.45) is 4.09.